The monoisotopic (exact) mass is 325 g/mol. The van der Waals surface area contributed by atoms with Gasteiger partial charge in [0.1, 0.15) is 16.4 Å². The fourth-order valence-electron chi connectivity index (χ4n) is 2.24. The van der Waals surface area contributed by atoms with Gasteiger partial charge in [0.15, 0.2) is 0 Å². The minimum atomic E-state index is -3.56. The van der Waals surface area contributed by atoms with Gasteiger partial charge in [-0.05, 0) is 44.2 Å². The van der Waals surface area contributed by atoms with Crippen molar-refractivity contribution in [3.63, 3.8) is 0 Å². The summed E-state index contributed by atoms with van der Waals surface area (Å²) in [6.45, 7) is 0.904. The van der Waals surface area contributed by atoms with Gasteiger partial charge in [0.05, 0.1) is 13.7 Å². The Balaban J connectivity index is 2.26. The second-order valence-corrected chi connectivity index (χ2v) is 6.90. The Morgan fingerprint density at radius 1 is 1.14 bits per heavy atom. The van der Waals surface area contributed by atoms with Crippen LogP contribution in [-0.2, 0) is 10.0 Å². The largest absolute Gasteiger partial charge is 0.497 e. The van der Waals surface area contributed by atoms with Crippen molar-refractivity contribution < 1.29 is 17.9 Å². The van der Waals surface area contributed by atoms with Crippen molar-refractivity contribution in [3.8, 4) is 11.5 Å². The summed E-state index contributed by atoms with van der Waals surface area (Å²) in [6, 6.07) is 4.78. The number of methoxy groups -OCH3 is 1. The fraction of sp³-hybridized carbons (Fsp3) is 0.500. The maximum absolute atomic E-state index is 12.4. The molecule has 0 amide bonds. The van der Waals surface area contributed by atoms with Crippen molar-refractivity contribution >= 4 is 10.0 Å². The van der Waals surface area contributed by atoms with Gasteiger partial charge in [0, 0.05) is 12.6 Å². The zero-order valence-corrected chi connectivity index (χ0v) is 13.7. The van der Waals surface area contributed by atoms with Gasteiger partial charge in [-0.15, -0.1) is 0 Å². The number of sulfonamides is 1. The number of hydrogen-bond donors (Lipinski definition) is 1. The van der Waals surface area contributed by atoms with E-state index in [2.05, 4.69) is 16.9 Å². The standard InChI is InChI=1S/C16H23NO4S/c1-20-14-9-10-16-15(13-14)21-12-8-6-4-2-3-5-7-11-17-22(16,18)19/h2,4,9-10,13,17H,3,5-8,11-12H2,1H3/b4-2+. The molecule has 6 heteroatoms. The molecule has 0 unspecified atom stereocenters. The van der Waals surface area contributed by atoms with E-state index in [4.69, 9.17) is 9.47 Å². The molecule has 0 saturated heterocycles. The van der Waals surface area contributed by atoms with Crippen LogP contribution >= 0.6 is 0 Å². The summed E-state index contributed by atoms with van der Waals surface area (Å²) < 4.78 is 38.3. The van der Waals surface area contributed by atoms with Crippen LogP contribution in [0.3, 0.4) is 0 Å². The molecule has 2 rings (SSSR count). The molecule has 5 nitrogen and oxygen atoms in total. The zero-order chi connectivity index (χ0) is 15.8. The number of benzene rings is 1. The lowest BCUT2D eigenvalue weighted by atomic mass is 10.2. The average molecular weight is 325 g/mol. The molecule has 0 spiro atoms. The highest BCUT2D eigenvalue weighted by Crippen LogP contribution is 2.29. The van der Waals surface area contributed by atoms with E-state index in [0.29, 0.717) is 24.7 Å². The molecule has 0 bridgehead atoms. The van der Waals surface area contributed by atoms with Crippen LogP contribution in [0.15, 0.2) is 35.2 Å². The zero-order valence-electron chi connectivity index (χ0n) is 12.9. The predicted molar refractivity (Wildman–Crippen MR) is 85.9 cm³/mol. The molecule has 1 aliphatic rings. The molecule has 122 valence electrons. The van der Waals surface area contributed by atoms with E-state index in [1.165, 1.54) is 6.07 Å². The molecule has 1 aromatic carbocycles. The lowest BCUT2D eigenvalue weighted by Gasteiger charge is -2.14. The smallest absolute Gasteiger partial charge is 0.244 e. The van der Waals surface area contributed by atoms with E-state index in [9.17, 15) is 8.42 Å². The van der Waals surface area contributed by atoms with Crippen LogP contribution in [0.5, 0.6) is 11.5 Å². The maximum atomic E-state index is 12.4. The van der Waals surface area contributed by atoms with Crippen LogP contribution in [-0.4, -0.2) is 28.7 Å². The lowest BCUT2D eigenvalue weighted by Crippen LogP contribution is -2.25. The Labute approximate surface area is 132 Å². The third-order valence-electron chi connectivity index (χ3n) is 3.47. The van der Waals surface area contributed by atoms with Gasteiger partial charge >= 0.3 is 0 Å². The van der Waals surface area contributed by atoms with Gasteiger partial charge in [-0.3, -0.25) is 0 Å². The number of fused-ring (bicyclic) bond motifs is 1. The summed E-state index contributed by atoms with van der Waals surface area (Å²) in [7, 11) is -2.02. The van der Waals surface area contributed by atoms with E-state index >= 15 is 0 Å². The van der Waals surface area contributed by atoms with Crippen LogP contribution in [0.2, 0.25) is 0 Å². The Hall–Kier alpha value is -1.53. The summed E-state index contributed by atoms with van der Waals surface area (Å²) >= 11 is 0. The van der Waals surface area contributed by atoms with Crippen LogP contribution < -0.4 is 14.2 Å². The quantitative estimate of drug-likeness (QED) is 0.806. The highest BCUT2D eigenvalue weighted by molar-refractivity contribution is 7.89. The van der Waals surface area contributed by atoms with Crippen molar-refractivity contribution in [3.05, 3.63) is 30.4 Å². The molecule has 0 fully saturated rings. The third kappa shape index (κ3) is 4.74. The molecule has 22 heavy (non-hydrogen) atoms. The Morgan fingerprint density at radius 2 is 1.91 bits per heavy atom. The minimum Gasteiger partial charge on any atom is -0.497 e. The minimum absolute atomic E-state index is 0.168. The summed E-state index contributed by atoms with van der Waals surface area (Å²) in [5, 5.41) is 0. The van der Waals surface area contributed by atoms with E-state index in [-0.39, 0.29) is 4.90 Å². The van der Waals surface area contributed by atoms with Gasteiger partial charge in [-0.2, -0.15) is 0 Å². The predicted octanol–water partition coefficient (Wildman–Crippen LogP) is 2.87. The van der Waals surface area contributed by atoms with Gasteiger partial charge in [-0.1, -0.05) is 12.2 Å². The van der Waals surface area contributed by atoms with Crippen LogP contribution in [0.1, 0.15) is 32.1 Å². The van der Waals surface area contributed by atoms with Crippen LogP contribution in [0.25, 0.3) is 0 Å². The first kappa shape index (κ1) is 16.8. The molecule has 0 atom stereocenters. The molecule has 1 N–H and O–H groups in total. The van der Waals surface area contributed by atoms with Gasteiger partial charge in [-0.25, -0.2) is 13.1 Å². The molecule has 0 aromatic heterocycles. The van der Waals surface area contributed by atoms with Crippen LogP contribution in [0.4, 0.5) is 0 Å². The number of ether oxygens (including phenoxy) is 2. The number of allylic oxidation sites excluding steroid dienone is 2. The van der Waals surface area contributed by atoms with Crippen molar-refractivity contribution in [1.29, 1.82) is 0 Å². The van der Waals surface area contributed by atoms with E-state index in [1.807, 2.05) is 0 Å². The first-order chi connectivity index (χ1) is 10.6. The number of hydrogen-bond acceptors (Lipinski definition) is 4. The van der Waals surface area contributed by atoms with Crippen molar-refractivity contribution in [1.82, 2.24) is 4.72 Å². The van der Waals surface area contributed by atoms with Crippen molar-refractivity contribution in [2.24, 2.45) is 0 Å². The van der Waals surface area contributed by atoms with Gasteiger partial charge in [0.25, 0.3) is 0 Å². The number of nitrogens with one attached hydrogen (secondary N) is 1. The van der Waals surface area contributed by atoms with Crippen molar-refractivity contribution in [2.45, 2.75) is 37.0 Å². The third-order valence-corrected chi connectivity index (χ3v) is 4.97. The fourth-order valence-corrected chi connectivity index (χ4v) is 3.44. The van der Waals surface area contributed by atoms with Crippen molar-refractivity contribution in [2.75, 3.05) is 20.3 Å². The Bertz CT molecular complexity index is 611. The molecule has 1 aromatic rings. The molecule has 1 heterocycles. The van der Waals surface area contributed by atoms with Gasteiger partial charge < -0.3 is 9.47 Å². The first-order valence-corrected chi connectivity index (χ1v) is 9.07. The molecule has 0 saturated carbocycles. The highest BCUT2D eigenvalue weighted by Gasteiger charge is 2.20. The second kappa shape index (κ2) is 8.19. The van der Waals surface area contributed by atoms with Gasteiger partial charge in [0.2, 0.25) is 10.0 Å². The average Bonchev–Trinajstić information content (AvgIpc) is 2.51. The molecule has 0 radical (unpaired) electrons. The molecular formula is C16H23NO4S. The Kier molecular flexibility index (Phi) is 6.27. The normalized spacial score (nSPS) is 21.0. The number of rotatable bonds is 1. The summed E-state index contributed by atoms with van der Waals surface area (Å²) in [4.78, 5) is 0.168. The SMILES string of the molecule is COc1ccc2c(c1)OCCC/C=C/CCCCNS2(=O)=O. The molecule has 0 aliphatic carbocycles. The summed E-state index contributed by atoms with van der Waals surface area (Å²) in [5.74, 6) is 0.919. The molecular weight excluding hydrogens is 302 g/mol. The second-order valence-electron chi connectivity index (χ2n) is 5.17. The summed E-state index contributed by atoms with van der Waals surface area (Å²) in [6.07, 6.45) is 8.87. The van der Waals surface area contributed by atoms with E-state index in [0.717, 1.165) is 32.1 Å². The first-order valence-electron chi connectivity index (χ1n) is 7.59. The highest BCUT2D eigenvalue weighted by atomic mass is 32.2. The van der Waals surface area contributed by atoms with Crippen LogP contribution in [0, 0.1) is 0 Å². The van der Waals surface area contributed by atoms with E-state index < -0.39 is 10.0 Å². The topological polar surface area (TPSA) is 64.6 Å². The molecule has 1 aliphatic heterocycles. The maximum Gasteiger partial charge on any atom is 0.244 e. The van der Waals surface area contributed by atoms with E-state index in [1.54, 1.807) is 19.2 Å². The Morgan fingerprint density at radius 3 is 2.68 bits per heavy atom. The summed E-state index contributed by atoms with van der Waals surface area (Å²) in [5.41, 5.74) is 0. The lowest BCUT2D eigenvalue weighted by molar-refractivity contribution is 0.301.